The number of rotatable bonds is 9. The Kier molecular flexibility index (Phi) is 10.3. The van der Waals surface area contributed by atoms with Crippen molar-refractivity contribution in [2.45, 2.75) is 45.9 Å². The van der Waals surface area contributed by atoms with E-state index in [-0.39, 0.29) is 13.1 Å². The minimum Gasteiger partial charge on any atom is -0.469 e. The van der Waals surface area contributed by atoms with Crippen LogP contribution in [0.1, 0.15) is 43.9 Å². The van der Waals surface area contributed by atoms with Crippen molar-refractivity contribution in [2.75, 3.05) is 16.9 Å². The number of nitrogens with one attached hydrogen (secondary N) is 1. The maximum atomic E-state index is 14.2. The van der Waals surface area contributed by atoms with Gasteiger partial charge in [-0.25, -0.2) is 4.79 Å². The van der Waals surface area contributed by atoms with Crippen molar-refractivity contribution in [3.05, 3.63) is 120 Å². The zero-order chi connectivity index (χ0) is 34.3. The molecule has 1 unspecified atom stereocenters. The van der Waals surface area contributed by atoms with Gasteiger partial charge in [0, 0.05) is 18.4 Å². The summed E-state index contributed by atoms with van der Waals surface area (Å²) in [6.07, 6.45) is 0.827. The fourth-order valence-electron chi connectivity index (χ4n) is 5.23. The molecule has 246 valence electrons. The van der Waals surface area contributed by atoms with Crippen LogP contribution in [0.3, 0.4) is 0 Å². The maximum absolute atomic E-state index is 14.2. The topological polar surface area (TPSA) is 118 Å². The van der Waals surface area contributed by atoms with Crippen LogP contribution in [0.15, 0.2) is 108 Å². The Hall–Kier alpha value is -5.77. The average molecular weight is 647 g/mol. The van der Waals surface area contributed by atoms with E-state index < -0.39 is 41.8 Å². The van der Waals surface area contributed by atoms with Crippen molar-refractivity contribution in [2.24, 2.45) is 10.9 Å². The quantitative estimate of drug-likeness (QED) is 0.121. The average Bonchev–Trinajstić information content (AvgIpc) is 3.16. The summed E-state index contributed by atoms with van der Waals surface area (Å²) in [4.78, 5) is 60.6. The van der Waals surface area contributed by atoms with Crippen LogP contribution >= 0.6 is 0 Å². The lowest BCUT2D eigenvalue weighted by atomic mass is 10.0. The molecule has 4 aromatic carbocycles. The van der Waals surface area contributed by atoms with Crippen LogP contribution in [0.25, 0.3) is 0 Å². The van der Waals surface area contributed by atoms with Crippen LogP contribution in [0.2, 0.25) is 0 Å². The van der Waals surface area contributed by atoms with E-state index >= 15 is 0 Å². The summed E-state index contributed by atoms with van der Waals surface area (Å²) in [5, 5.41) is 2.72. The second kappa shape index (κ2) is 14.8. The Morgan fingerprint density at radius 3 is 2.08 bits per heavy atom. The highest BCUT2D eigenvalue weighted by molar-refractivity contribution is 6.21. The predicted octanol–water partition coefficient (Wildman–Crippen LogP) is 6.85. The van der Waals surface area contributed by atoms with Crippen LogP contribution in [-0.2, 0) is 36.9 Å². The molecule has 10 heteroatoms. The Bertz CT molecular complexity index is 1800. The van der Waals surface area contributed by atoms with Gasteiger partial charge in [-0.2, -0.15) is 0 Å². The predicted molar refractivity (Wildman–Crippen MR) is 185 cm³/mol. The fourth-order valence-corrected chi connectivity index (χ4v) is 5.23. The molecule has 1 aliphatic rings. The molecule has 48 heavy (non-hydrogen) atoms. The first-order valence-electron chi connectivity index (χ1n) is 15.6. The summed E-state index contributed by atoms with van der Waals surface area (Å²) in [6, 6.07) is 31.5. The summed E-state index contributed by atoms with van der Waals surface area (Å²) in [5.41, 5.74) is 4.21. The monoisotopic (exact) mass is 646 g/mol. The van der Waals surface area contributed by atoms with E-state index in [1.807, 2.05) is 54.6 Å². The van der Waals surface area contributed by atoms with Crippen molar-refractivity contribution in [3.8, 4) is 0 Å². The summed E-state index contributed by atoms with van der Waals surface area (Å²) < 4.78 is 10.2. The van der Waals surface area contributed by atoms with Crippen LogP contribution in [0.4, 0.5) is 27.5 Å². The molecule has 0 bridgehead atoms. The number of benzene rings is 4. The molecule has 3 amide bonds. The highest BCUT2D eigenvalue weighted by atomic mass is 16.6. The van der Waals surface area contributed by atoms with Crippen LogP contribution < -0.4 is 15.1 Å². The number of carbonyl (C=O) groups is 4. The van der Waals surface area contributed by atoms with Crippen LogP contribution in [-0.4, -0.2) is 42.8 Å². The number of esters is 1. The van der Waals surface area contributed by atoms with Crippen molar-refractivity contribution < 1.29 is 28.7 Å². The maximum Gasteiger partial charge on any atom is 0.407 e. The minimum absolute atomic E-state index is 0.159. The number of alkyl carbamates (subject to hydrolysis) is 1. The number of amides is 3. The Labute approximate surface area is 280 Å². The van der Waals surface area contributed by atoms with Gasteiger partial charge in [-0.1, -0.05) is 66.7 Å². The van der Waals surface area contributed by atoms with E-state index in [9.17, 15) is 19.2 Å². The molecule has 1 heterocycles. The number of anilines is 3. The number of aliphatic imine (C=N–C) groups is 1. The molecule has 0 aromatic heterocycles. The number of methoxy groups -OCH3 is 1. The smallest absolute Gasteiger partial charge is 0.407 e. The fraction of sp³-hybridized carbons (Fsp3) is 0.237. The number of ether oxygens (including phenoxy) is 2. The molecular weight excluding hydrogens is 608 g/mol. The van der Waals surface area contributed by atoms with Crippen molar-refractivity contribution in [1.82, 2.24) is 5.32 Å². The van der Waals surface area contributed by atoms with Crippen molar-refractivity contribution >= 4 is 52.8 Å². The first-order valence-corrected chi connectivity index (χ1v) is 15.6. The summed E-state index contributed by atoms with van der Waals surface area (Å²) >= 11 is 0. The number of fused-ring (bicyclic) bond motifs is 1. The number of hydrogen-bond donors (Lipinski definition) is 1. The van der Waals surface area contributed by atoms with Gasteiger partial charge in [0.05, 0.1) is 37.1 Å². The van der Waals surface area contributed by atoms with Gasteiger partial charge in [0.2, 0.25) is 11.8 Å². The Morgan fingerprint density at radius 1 is 0.812 bits per heavy atom. The first-order chi connectivity index (χ1) is 23.0. The lowest BCUT2D eigenvalue weighted by Gasteiger charge is -2.26. The second-order valence-electron chi connectivity index (χ2n) is 12.3. The third kappa shape index (κ3) is 8.33. The summed E-state index contributed by atoms with van der Waals surface area (Å²) in [5.74, 6) is -3.06. The van der Waals surface area contributed by atoms with Gasteiger partial charge >= 0.3 is 12.1 Å². The zero-order valence-electron chi connectivity index (χ0n) is 27.4. The van der Waals surface area contributed by atoms with Gasteiger partial charge in [-0.05, 0) is 73.9 Å². The second-order valence-corrected chi connectivity index (χ2v) is 12.3. The van der Waals surface area contributed by atoms with Crippen molar-refractivity contribution in [1.29, 1.82) is 0 Å². The molecular formula is C38H38N4O6. The molecule has 0 saturated carbocycles. The molecule has 0 fully saturated rings. The van der Waals surface area contributed by atoms with Crippen LogP contribution in [0, 0.1) is 5.92 Å². The van der Waals surface area contributed by atoms with E-state index in [0.29, 0.717) is 17.1 Å². The van der Waals surface area contributed by atoms with Gasteiger partial charge in [0.1, 0.15) is 11.5 Å². The van der Waals surface area contributed by atoms with Gasteiger partial charge in [-0.15, -0.1) is 0 Å². The summed E-state index contributed by atoms with van der Waals surface area (Å²) in [7, 11) is 1.23. The van der Waals surface area contributed by atoms with E-state index in [1.54, 1.807) is 80.4 Å². The van der Waals surface area contributed by atoms with Crippen LogP contribution in [0.5, 0.6) is 0 Å². The van der Waals surface area contributed by atoms with Gasteiger partial charge in [0.25, 0.3) is 0 Å². The van der Waals surface area contributed by atoms with Gasteiger partial charge < -0.3 is 19.7 Å². The largest absolute Gasteiger partial charge is 0.469 e. The van der Waals surface area contributed by atoms with E-state index in [2.05, 4.69) is 10.3 Å². The molecule has 1 atom stereocenters. The number of hydrogen-bond acceptors (Lipinski definition) is 7. The Morgan fingerprint density at radius 2 is 1.44 bits per heavy atom. The van der Waals surface area contributed by atoms with E-state index in [1.165, 1.54) is 12.0 Å². The zero-order valence-corrected chi connectivity index (χ0v) is 27.4. The minimum atomic E-state index is -1.33. The van der Waals surface area contributed by atoms with Gasteiger partial charge in [0.15, 0.2) is 0 Å². The highest BCUT2D eigenvalue weighted by Gasteiger charge is 2.42. The number of nitrogens with zero attached hydrogens (tertiary/aromatic N) is 3. The van der Waals surface area contributed by atoms with Gasteiger partial charge in [-0.3, -0.25) is 24.3 Å². The lowest BCUT2D eigenvalue weighted by Crippen LogP contribution is -2.41. The normalized spacial score (nSPS) is 14.8. The molecule has 4 aromatic rings. The standard InChI is InChI=1S/C38H38N4O6/c1-38(2,3)48-37(46)40-24-27-16-20-30(21-17-27)42-33-13-9-8-12-32(33)41(35(44)31(36(42)45)22-34(43)47-4)25-28-14-18-29(19-15-28)39-23-26-10-6-5-7-11-26/h5-21,23,31H,22,24-25H2,1-4H3,(H,40,46). The third-order valence-electron chi connectivity index (χ3n) is 7.56. The molecule has 5 rings (SSSR count). The molecule has 10 nitrogen and oxygen atoms in total. The SMILES string of the molecule is COC(=O)CC1C(=O)N(Cc2ccc(N=Cc3ccccc3)cc2)c2ccccc2N(c2ccc(CNC(=O)OC(C)(C)C)cc2)C1=O. The third-order valence-corrected chi connectivity index (χ3v) is 7.56. The number of para-hydroxylation sites is 2. The lowest BCUT2D eigenvalue weighted by molar-refractivity contribution is -0.146. The van der Waals surface area contributed by atoms with E-state index in [0.717, 1.165) is 22.4 Å². The highest BCUT2D eigenvalue weighted by Crippen LogP contribution is 2.40. The van der Waals surface area contributed by atoms with E-state index in [4.69, 9.17) is 9.47 Å². The first kappa shape index (κ1) is 33.6. The molecule has 1 aliphatic heterocycles. The molecule has 0 radical (unpaired) electrons. The molecule has 0 spiro atoms. The molecule has 1 N–H and O–H groups in total. The van der Waals surface area contributed by atoms with Crippen molar-refractivity contribution in [3.63, 3.8) is 0 Å². The summed E-state index contributed by atoms with van der Waals surface area (Å²) in [6.45, 7) is 5.74. The Balaban J connectivity index is 1.44. The molecule has 0 saturated heterocycles. The number of carbonyl (C=O) groups excluding carboxylic acids is 4. The molecule has 0 aliphatic carbocycles.